The van der Waals surface area contributed by atoms with Crippen LogP contribution in [0.2, 0.25) is 0 Å². The predicted molar refractivity (Wildman–Crippen MR) is 135 cm³/mol. The van der Waals surface area contributed by atoms with Gasteiger partial charge in [0, 0.05) is 11.4 Å². The summed E-state index contributed by atoms with van der Waals surface area (Å²) in [5.41, 5.74) is 2.18. The highest BCUT2D eigenvalue weighted by Crippen LogP contribution is 2.32. The lowest BCUT2D eigenvalue weighted by Crippen LogP contribution is -2.26. The van der Waals surface area contributed by atoms with Crippen LogP contribution in [-0.2, 0) is 22.6 Å². The third-order valence-electron chi connectivity index (χ3n) is 5.48. The second kappa shape index (κ2) is 10.9. The average molecular weight is 498 g/mol. The minimum atomic E-state index is -0.989. The van der Waals surface area contributed by atoms with E-state index in [9.17, 15) is 19.5 Å². The Hall–Kier alpha value is -3.33. The molecule has 1 aromatic heterocycles. The van der Waals surface area contributed by atoms with Crippen LogP contribution in [0.15, 0.2) is 58.2 Å². The summed E-state index contributed by atoms with van der Waals surface area (Å²) in [7, 11) is 0. The largest absolute Gasteiger partial charge is 0.480 e. The number of carbonyl (C=O) groups is 2. The van der Waals surface area contributed by atoms with Gasteiger partial charge >= 0.3 is 17.6 Å². The molecule has 0 aliphatic heterocycles. The Morgan fingerprint density at radius 3 is 2.31 bits per heavy atom. The monoisotopic (exact) mass is 497 g/mol. The molecule has 0 saturated carbocycles. The molecule has 1 N–H and O–H groups in total. The molecule has 35 heavy (non-hydrogen) atoms. The van der Waals surface area contributed by atoms with Gasteiger partial charge in [-0.25, -0.2) is 14.3 Å². The van der Waals surface area contributed by atoms with Gasteiger partial charge in [0.1, 0.15) is 4.75 Å². The van der Waals surface area contributed by atoms with E-state index < -0.39 is 22.8 Å². The van der Waals surface area contributed by atoms with Crippen molar-refractivity contribution < 1.29 is 19.4 Å². The molecule has 0 amide bonds. The van der Waals surface area contributed by atoms with Crippen molar-refractivity contribution >= 4 is 23.7 Å². The van der Waals surface area contributed by atoms with Crippen LogP contribution in [0.4, 0.5) is 0 Å². The van der Waals surface area contributed by atoms with E-state index in [0.29, 0.717) is 24.5 Å². The van der Waals surface area contributed by atoms with Crippen LogP contribution in [0.3, 0.4) is 0 Å². The van der Waals surface area contributed by atoms with Crippen LogP contribution >= 0.6 is 11.8 Å². The number of carboxylic acids is 1. The zero-order valence-electron chi connectivity index (χ0n) is 20.6. The van der Waals surface area contributed by atoms with Crippen LogP contribution in [0, 0.1) is 6.92 Å². The summed E-state index contributed by atoms with van der Waals surface area (Å²) in [6, 6.07) is 14.5. The summed E-state index contributed by atoms with van der Waals surface area (Å²) in [4.78, 5) is 37.8. The molecular formula is C26H31N3O5S. The van der Waals surface area contributed by atoms with E-state index >= 15 is 0 Å². The van der Waals surface area contributed by atoms with E-state index in [1.54, 1.807) is 49.6 Å². The highest BCUT2D eigenvalue weighted by Gasteiger charge is 2.28. The smallest absolute Gasteiger partial charge is 0.346 e. The number of rotatable bonds is 10. The van der Waals surface area contributed by atoms with E-state index in [2.05, 4.69) is 5.10 Å². The zero-order valence-corrected chi connectivity index (χ0v) is 21.5. The topological polar surface area (TPSA) is 103 Å². The third kappa shape index (κ3) is 6.42. The first-order valence-electron chi connectivity index (χ1n) is 11.5. The number of hydrogen-bond donors (Lipinski definition) is 1. The number of aliphatic carboxylic acids is 1. The fourth-order valence-corrected chi connectivity index (χ4v) is 4.39. The number of aryl methyl sites for hydroxylation is 1. The zero-order chi connectivity index (χ0) is 25.8. The molecule has 186 valence electrons. The molecule has 0 saturated heterocycles. The summed E-state index contributed by atoms with van der Waals surface area (Å²) < 4.78 is 7.61. The van der Waals surface area contributed by atoms with E-state index in [1.807, 2.05) is 38.1 Å². The van der Waals surface area contributed by atoms with Crippen LogP contribution in [0.25, 0.3) is 0 Å². The first kappa shape index (κ1) is 26.3. The Morgan fingerprint density at radius 1 is 1.11 bits per heavy atom. The normalized spacial score (nSPS) is 12.4. The highest BCUT2D eigenvalue weighted by atomic mass is 32.2. The predicted octanol–water partition coefficient (Wildman–Crippen LogP) is 4.68. The van der Waals surface area contributed by atoms with Crippen molar-refractivity contribution in [2.75, 3.05) is 0 Å². The van der Waals surface area contributed by atoms with E-state index in [1.165, 1.54) is 16.4 Å². The standard InChI is InChI=1S/C26H31N3O5S/c1-6-15-28-22(27-29(25(28)33)16-19-9-7-17(2)8-10-19)18(3)34-23(30)20-11-13-21(14-12-20)35-26(4,5)24(31)32/h7-14,18H,6,15-16H2,1-5H3,(H,31,32)/t18-/m0/s1. The lowest BCUT2D eigenvalue weighted by Gasteiger charge is -2.18. The Morgan fingerprint density at radius 2 is 1.74 bits per heavy atom. The molecule has 2 aromatic carbocycles. The Bertz CT molecular complexity index is 1240. The van der Waals surface area contributed by atoms with Crippen molar-refractivity contribution in [1.29, 1.82) is 0 Å². The molecule has 9 heteroatoms. The Kier molecular flexibility index (Phi) is 8.22. The van der Waals surface area contributed by atoms with Gasteiger partial charge in [0.05, 0.1) is 12.1 Å². The Labute approximate surface area is 208 Å². The SMILES string of the molecule is CCCn1c([C@H](C)OC(=O)c2ccc(SC(C)(C)C(=O)O)cc2)nn(Cc2ccc(C)cc2)c1=O. The quantitative estimate of drug-likeness (QED) is 0.320. The molecule has 0 bridgehead atoms. The maximum absolute atomic E-state index is 13.0. The number of aromatic nitrogens is 3. The molecule has 1 atom stereocenters. The van der Waals surface area contributed by atoms with Crippen molar-refractivity contribution in [3.05, 3.63) is 81.5 Å². The van der Waals surface area contributed by atoms with Gasteiger partial charge in [0.15, 0.2) is 11.9 Å². The first-order valence-corrected chi connectivity index (χ1v) is 12.3. The number of carbonyl (C=O) groups excluding carboxylic acids is 1. The molecule has 0 aliphatic rings. The van der Waals surface area contributed by atoms with Crippen molar-refractivity contribution in [3.63, 3.8) is 0 Å². The minimum Gasteiger partial charge on any atom is -0.480 e. The number of ether oxygens (including phenoxy) is 1. The fourth-order valence-electron chi connectivity index (χ4n) is 3.44. The lowest BCUT2D eigenvalue weighted by molar-refractivity contribution is -0.138. The van der Waals surface area contributed by atoms with E-state index in [0.717, 1.165) is 22.4 Å². The molecule has 1 heterocycles. The number of carboxylic acid groups (broad SMARTS) is 1. The summed E-state index contributed by atoms with van der Waals surface area (Å²) in [6.45, 7) is 9.71. The maximum atomic E-state index is 13.0. The second-order valence-corrected chi connectivity index (χ2v) is 10.6. The maximum Gasteiger partial charge on any atom is 0.346 e. The molecule has 0 unspecified atom stereocenters. The van der Waals surface area contributed by atoms with Gasteiger partial charge < -0.3 is 9.84 Å². The average Bonchev–Trinajstić information content (AvgIpc) is 3.11. The minimum absolute atomic E-state index is 0.243. The molecule has 0 fully saturated rings. The first-order chi connectivity index (χ1) is 16.5. The van der Waals surface area contributed by atoms with Crippen molar-refractivity contribution in [3.8, 4) is 0 Å². The van der Waals surface area contributed by atoms with Gasteiger partial charge in [-0.3, -0.25) is 9.36 Å². The molecule has 8 nitrogen and oxygen atoms in total. The van der Waals surface area contributed by atoms with Gasteiger partial charge in [-0.2, -0.15) is 5.10 Å². The van der Waals surface area contributed by atoms with E-state index in [4.69, 9.17) is 4.74 Å². The molecule has 0 aliphatic carbocycles. The number of thioether (sulfide) groups is 1. The van der Waals surface area contributed by atoms with Crippen molar-refractivity contribution in [1.82, 2.24) is 14.3 Å². The summed E-state index contributed by atoms with van der Waals surface area (Å²) in [5, 5.41) is 13.8. The molecule has 3 aromatic rings. The van der Waals surface area contributed by atoms with E-state index in [-0.39, 0.29) is 5.69 Å². The number of nitrogens with zero attached hydrogens (tertiary/aromatic N) is 3. The summed E-state index contributed by atoms with van der Waals surface area (Å²) >= 11 is 1.20. The van der Waals surface area contributed by atoms with Crippen LogP contribution in [-0.4, -0.2) is 36.1 Å². The van der Waals surface area contributed by atoms with Crippen molar-refractivity contribution in [2.24, 2.45) is 0 Å². The molecule has 0 radical (unpaired) electrons. The van der Waals surface area contributed by atoms with Crippen molar-refractivity contribution in [2.45, 2.75) is 69.9 Å². The highest BCUT2D eigenvalue weighted by molar-refractivity contribution is 8.01. The number of benzene rings is 2. The van der Waals surface area contributed by atoms with Gasteiger partial charge in [0.2, 0.25) is 0 Å². The van der Waals surface area contributed by atoms with Gasteiger partial charge in [0.25, 0.3) is 0 Å². The summed E-state index contributed by atoms with van der Waals surface area (Å²) in [6.07, 6.45) is -0.00341. The second-order valence-electron chi connectivity index (χ2n) is 8.93. The van der Waals surface area contributed by atoms with Crippen LogP contribution in [0.5, 0.6) is 0 Å². The van der Waals surface area contributed by atoms with Crippen LogP contribution < -0.4 is 5.69 Å². The summed E-state index contributed by atoms with van der Waals surface area (Å²) in [5.74, 6) is -1.07. The number of hydrogen-bond acceptors (Lipinski definition) is 6. The van der Waals surface area contributed by atoms with Crippen LogP contribution in [0.1, 0.15) is 67.5 Å². The Balaban J connectivity index is 1.76. The molecule has 0 spiro atoms. The lowest BCUT2D eigenvalue weighted by atomic mass is 10.1. The number of esters is 1. The van der Waals surface area contributed by atoms with Gasteiger partial charge in [-0.1, -0.05) is 36.8 Å². The molecule has 3 rings (SSSR count). The third-order valence-corrected chi connectivity index (χ3v) is 6.67. The fraction of sp³-hybridized carbons (Fsp3) is 0.385. The molecular weight excluding hydrogens is 466 g/mol. The van der Waals surface area contributed by atoms with Gasteiger partial charge in [-0.15, -0.1) is 11.8 Å². The van der Waals surface area contributed by atoms with Gasteiger partial charge in [-0.05, 0) is 63.9 Å².